The Labute approximate surface area is 81.6 Å². The second-order valence-corrected chi connectivity index (χ2v) is 4.85. The van der Waals surface area contributed by atoms with E-state index in [4.69, 9.17) is 5.73 Å². The van der Waals surface area contributed by atoms with Crippen molar-refractivity contribution in [1.29, 1.82) is 0 Å². The number of nitrogens with two attached hydrogens (primary N) is 1. The molecule has 0 saturated heterocycles. The number of thiazole rings is 1. The van der Waals surface area contributed by atoms with Crippen LogP contribution in [0.3, 0.4) is 0 Å². The fourth-order valence-electron chi connectivity index (χ4n) is 1.03. The lowest BCUT2D eigenvalue weighted by Crippen LogP contribution is -2.08. The first kappa shape index (κ1) is 10.0. The predicted octanol–water partition coefficient (Wildman–Crippen LogP) is 2.24. The topological polar surface area (TPSA) is 38.9 Å². The normalized spacial score (nSPS) is 13.3. The molecule has 0 aliphatic heterocycles. The summed E-state index contributed by atoms with van der Waals surface area (Å²) in [5.41, 5.74) is 6.74. The first-order valence-electron chi connectivity index (χ1n) is 3.90. The van der Waals surface area contributed by atoms with Crippen molar-refractivity contribution in [2.24, 2.45) is 5.73 Å². The molecule has 0 saturated carbocycles. The highest BCUT2D eigenvalue weighted by atomic mass is 32.2. The number of thioether (sulfide) groups is 1. The molecular formula is C8H14N2S2. The fraction of sp³-hybridized carbons (Fsp3) is 0.625. The monoisotopic (exact) mass is 202 g/mol. The highest BCUT2D eigenvalue weighted by Gasteiger charge is 2.11. The molecule has 0 radical (unpaired) electrons. The highest BCUT2D eigenvalue weighted by Crippen LogP contribution is 2.30. The number of rotatable bonds is 3. The van der Waals surface area contributed by atoms with Gasteiger partial charge in [-0.1, -0.05) is 18.7 Å². The first-order chi connectivity index (χ1) is 5.69. The maximum atomic E-state index is 5.60. The Kier molecular flexibility index (Phi) is 3.55. The van der Waals surface area contributed by atoms with Gasteiger partial charge in [-0.05, 0) is 19.7 Å². The van der Waals surface area contributed by atoms with Crippen LogP contribution in [-0.2, 0) is 0 Å². The van der Waals surface area contributed by atoms with Crippen LogP contribution in [0.5, 0.6) is 0 Å². The number of aromatic nitrogens is 1. The lowest BCUT2D eigenvalue weighted by Gasteiger charge is -2.04. The molecule has 0 aliphatic carbocycles. The molecule has 0 spiro atoms. The van der Waals surface area contributed by atoms with E-state index >= 15 is 0 Å². The van der Waals surface area contributed by atoms with Crippen molar-refractivity contribution in [3.8, 4) is 0 Å². The van der Waals surface area contributed by atoms with Crippen LogP contribution in [-0.4, -0.2) is 17.8 Å². The van der Waals surface area contributed by atoms with E-state index in [9.17, 15) is 0 Å². The quantitative estimate of drug-likeness (QED) is 0.764. The summed E-state index contributed by atoms with van der Waals surface area (Å²) in [7, 11) is 0. The van der Waals surface area contributed by atoms with Crippen LogP contribution in [0.1, 0.15) is 23.4 Å². The van der Waals surface area contributed by atoms with Crippen molar-refractivity contribution in [1.82, 2.24) is 4.98 Å². The van der Waals surface area contributed by atoms with Crippen molar-refractivity contribution >= 4 is 23.1 Å². The molecule has 68 valence electrons. The molecule has 1 aromatic rings. The van der Waals surface area contributed by atoms with E-state index in [1.165, 1.54) is 4.88 Å². The Hall–Kier alpha value is -0.0600. The zero-order valence-corrected chi connectivity index (χ0v) is 9.26. The second kappa shape index (κ2) is 4.25. The molecule has 2 nitrogen and oxygen atoms in total. The van der Waals surface area contributed by atoms with Crippen LogP contribution in [0.4, 0.5) is 0 Å². The van der Waals surface area contributed by atoms with Gasteiger partial charge in [-0.3, -0.25) is 0 Å². The molecule has 2 N–H and O–H groups in total. The van der Waals surface area contributed by atoms with Gasteiger partial charge in [-0.2, -0.15) is 0 Å². The van der Waals surface area contributed by atoms with E-state index in [0.29, 0.717) is 12.5 Å². The number of nitrogens with zero attached hydrogens (tertiary/aromatic N) is 1. The first-order valence-corrected chi connectivity index (χ1v) is 5.94. The van der Waals surface area contributed by atoms with Crippen LogP contribution in [0.15, 0.2) is 4.34 Å². The van der Waals surface area contributed by atoms with Gasteiger partial charge in [0.2, 0.25) is 0 Å². The lowest BCUT2D eigenvalue weighted by atomic mass is 10.1. The number of hydrogen-bond donors (Lipinski definition) is 1. The third kappa shape index (κ3) is 2.00. The predicted molar refractivity (Wildman–Crippen MR) is 56.1 cm³/mol. The van der Waals surface area contributed by atoms with Gasteiger partial charge >= 0.3 is 0 Å². The third-order valence-electron chi connectivity index (χ3n) is 1.79. The van der Waals surface area contributed by atoms with Gasteiger partial charge in [0.05, 0.1) is 5.69 Å². The van der Waals surface area contributed by atoms with E-state index in [1.807, 2.05) is 0 Å². The van der Waals surface area contributed by atoms with Gasteiger partial charge in [0.1, 0.15) is 4.34 Å². The van der Waals surface area contributed by atoms with E-state index in [0.717, 1.165) is 10.0 Å². The van der Waals surface area contributed by atoms with Gasteiger partial charge < -0.3 is 5.73 Å². The van der Waals surface area contributed by atoms with Crippen LogP contribution in [0.25, 0.3) is 0 Å². The minimum atomic E-state index is 0.448. The largest absolute Gasteiger partial charge is 0.330 e. The molecule has 12 heavy (non-hydrogen) atoms. The van der Waals surface area contributed by atoms with Crippen molar-refractivity contribution in [3.05, 3.63) is 10.6 Å². The Morgan fingerprint density at radius 2 is 2.33 bits per heavy atom. The van der Waals surface area contributed by atoms with Crippen molar-refractivity contribution < 1.29 is 0 Å². The minimum absolute atomic E-state index is 0.448. The lowest BCUT2D eigenvalue weighted by molar-refractivity contribution is 0.780. The van der Waals surface area contributed by atoms with Crippen molar-refractivity contribution in [2.45, 2.75) is 24.1 Å². The summed E-state index contributed by atoms with van der Waals surface area (Å²) in [5.74, 6) is 0.448. The van der Waals surface area contributed by atoms with Crippen LogP contribution >= 0.6 is 23.1 Å². The third-order valence-corrected chi connectivity index (χ3v) is 4.16. The smallest absolute Gasteiger partial charge is 0.150 e. The number of aryl methyl sites for hydroxylation is 1. The summed E-state index contributed by atoms with van der Waals surface area (Å²) >= 11 is 3.46. The Morgan fingerprint density at radius 1 is 1.67 bits per heavy atom. The fourth-order valence-corrected chi connectivity index (χ4v) is 2.73. The van der Waals surface area contributed by atoms with E-state index in [1.54, 1.807) is 23.1 Å². The molecule has 0 amide bonds. The molecular weight excluding hydrogens is 188 g/mol. The molecule has 4 heteroatoms. The van der Waals surface area contributed by atoms with E-state index in [-0.39, 0.29) is 0 Å². The van der Waals surface area contributed by atoms with Gasteiger partial charge in [0.15, 0.2) is 0 Å². The zero-order chi connectivity index (χ0) is 9.14. The Bertz CT molecular complexity index is 258. The molecule has 0 bridgehead atoms. The molecule has 1 rings (SSSR count). The molecule has 0 aliphatic rings. The summed E-state index contributed by atoms with van der Waals surface area (Å²) in [6.45, 7) is 4.90. The summed E-state index contributed by atoms with van der Waals surface area (Å²) < 4.78 is 1.14. The molecule has 1 aromatic heterocycles. The average molecular weight is 202 g/mol. The van der Waals surface area contributed by atoms with Gasteiger partial charge in [-0.15, -0.1) is 11.3 Å². The zero-order valence-electron chi connectivity index (χ0n) is 7.63. The van der Waals surface area contributed by atoms with Crippen LogP contribution in [0.2, 0.25) is 0 Å². The minimum Gasteiger partial charge on any atom is -0.330 e. The molecule has 0 fully saturated rings. The highest BCUT2D eigenvalue weighted by molar-refractivity contribution is 8.00. The van der Waals surface area contributed by atoms with E-state index in [2.05, 4.69) is 25.1 Å². The molecule has 0 aromatic carbocycles. The van der Waals surface area contributed by atoms with E-state index < -0.39 is 0 Å². The SMILES string of the molecule is CSc1nc(C)c(C(C)CN)s1. The molecule has 1 unspecified atom stereocenters. The molecule has 1 heterocycles. The average Bonchev–Trinajstić information content (AvgIpc) is 2.45. The van der Waals surface area contributed by atoms with Crippen LogP contribution < -0.4 is 5.73 Å². The summed E-state index contributed by atoms with van der Waals surface area (Å²) in [5, 5.41) is 0. The van der Waals surface area contributed by atoms with Gasteiger partial charge in [0.25, 0.3) is 0 Å². The maximum Gasteiger partial charge on any atom is 0.150 e. The summed E-state index contributed by atoms with van der Waals surface area (Å²) in [6, 6.07) is 0. The summed E-state index contributed by atoms with van der Waals surface area (Å²) in [4.78, 5) is 5.76. The Morgan fingerprint density at radius 3 is 2.75 bits per heavy atom. The van der Waals surface area contributed by atoms with Gasteiger partial charge in [0, 0.05) is 10.8 Å². The number of hydrogen-bond acceptors (Lipinski definition) is 4. The standard InChI is InChI=1S/C8H14N2S2/c1-5(4-9)7-6(2)10-8(11-3)12-7/h5H,4,9H2,1-3H3. The van der Waals surface area contributed by atoms with Crippen molar-refractivity contribution in [2.75, 3.05) is 12.8 Å². The Balaban J connectivity index is 2.91. The second-order valence-electron chi connectivity index (χ2n) is 2.77. The maximum absolute atomic E-state index is 5.60. The van der Waals surface area contributed by atoms with Gasteiger partial charge in [-0.25, -0.2) is 4.98 Å². The molecule has 1 atom stereocenters. The summed E-state index contributed by atoms with van der Waals surface area (Å²) in [6.07, 6.45) is 2.05. The van der Waals surface area contributed by atoms with Crippen molar-refractivity contribution in [3.63, 3.8) is 0 Å². The van der Waals surface area contributed by atoms with Crippen LogP contribution in [0, 0.1) is 6.92 Å².